The lowest BCUT2D eigenvalue weighted by molar-refractivity contribution is 0.0927. The first-order valence-electron chi connectivity index (χ1n) is 7.35. The maximum Gasteiger partial charge on any atom is 0.251 e. The summed E-state index contributed by atoms with van der Waals surface area (Å²) in [5, 5.41) is 5.29. The molecule has 0 aromatic heterocycles. The Morgan fingerprint density at radius 1 is 0.917 bits per heavy atom. The lowest BCUT2D eigenvalue weighted by Crippen LogP contribution is -2.34. The summed E-state index contributed by atoms with van der Waals surface area (Å²) in [4.78, 5) is 23.9. The minimum atomic E-state index is -0.473. The van der Waals surface area contributed by atoms with Gasteiger partial charge in [0.2, 0.25) is 6.79 Å². The Hall–Kier alpha value is -3.09. The van der Waals surface area contributed by atoms with Gasteiger partial charge in [0.1, 0.15) is 5.82 Å². The van der Waals surface area contributed by atoms with E-state index in [-0.39, 0.29) is 31.4 Å². The molecule has 3 rings (SSSR count). The molecule has 0 atom stereocenters. The molecule has 6 nitrogen and oxygen atoms in total. The van der Waals surface area contributed by atoms with Crippen molar-refractivity contribution in [2.24, 2.45) is 0 Å². The van der Waals surface area contributed by atoms with Crippen LogP contribution in [0.4, 0.5) is 4.39 Å². The van der Waals surface area contributed by atoms with Crippen molar-refractivity contribution in [3.05, 3.63) is 59.4 Å². The van der Waals surface area contributed by atoms with Gasteiger partial charge in [0, 0.05) is 24.2 Å². The van der Waals surface area contributed by atoms with E-state index in [9.17, 15) is 14.0 Å². The van der Waals surface area contributed by atoms with Crippen molar-refractivity contribution in [3.63, 3.8) is 0 Å². The molecule has 0 fully saturated rings. The number of amides is 2. The van der Waals surface area contributed by atoms with E-state index < -0.39 is 11.7 Å². The fourth-order valence-corrected chi connectivity index (χ4v) is 2.22. The highest BCUT2D eigenvalue weighted by molar-refractivity contribution is 5.95. The molecule has 0 saturated carbocycles. The first-order valence-corrected chi connectivity index (χ1v) is 7.35. The zero-order valence-electron chi connectivity index (χ0n) is 12.7. The van der Waals surface area contributed by atoms with E-state index in [0.29, 0.717) is 17.1 Å². The molecule has 2 amide bonds. The van der Waals surface area contributed by atoms with Crippen LogP contribution in [0.2, 0.25) is 0 Å². The monoisotopic (exact) mass is 330 g/mol. The Labute approximate surface area is 137 Å². The highest BCUT2D eigenvalue weighted by Gasteiger charge is 2.16. The van der Waals surface area contributed by atoms with Gasteiger partial charge in [-0.25, -0.2) is 4.39 Å². The molecule has 0 spiro atoms. The highest BCUT2D eigenvalue weighted by Crippen LogP contribution is 2.32. The summed E-state index contributed by atoms with van der Waals surface area (Å²) in [6, 6.07) is 10.3. The Bertz CT molecular complexity index is 779. The average Bonchev–Trinajstić information content (AvgIpc) is 3.06. The molecule has 2 aromatic carbocycles. The van der Waals surface area contributed by atoms with E-state index in [1.807, 2.05) is 0 Å². The summed E-state index contributed by atoms with van der Waals surface area (Å²) in [6.45, 7) is 0.618. The fourth-order valence-electron chi connectivity index (χ4n) is 2.22. The molecule has 1 aliphatic rings. The van der Waals surface area contributed by atoms with Gasteiger partial charge in [0.05, 0.1) is 0 Å². The second-order valence-electron chi connectivity index (χ2n) is 5.09. The summed E-state index contributed by atoms with van der Waals surface area (Å²) in [7, 11) is 0. The number of carbonyl (C=O) groups excluding carboxylic acids is 2. The van der Waals surface area contributed by atoms with E-state index in [0.717, 1.165) is 6.07 Å². The molecule has 2 aromatic rings. The molecule has 0 saturated heterocycles. The number of carbonyl (C=O) groups is 2. The quantitative estimate of drug-likeness (QED) is 0.819. The van der Waals surface area contributed by atoms with Crippen molar-refractivity contribution in [3.8, 4) is 11.5 Å². The Balaban J connectivity index is 1.46. The third kappa shape index (κ3) is 3.62. The first kappa shape index (κ1) is 15.8. The van der Waals surface area contributed by atoms with Crippen LogP contribution in [0.25, 0.3) is 0 Å². The van der Waals surface area contributed by atoms with Gasteiger partial charge in [-0.2, -0.15) is 0 Å². The summed E-state index contributed by atoms with van der Waals surface area (Å²) < 4.78 is 23.4. The highest BCUT2D eigenvalue weighted by atomic mass is 19.1. The van der Waals surface area contributed by atoms with Crippen LogP contribution in [0, 0.1) is 5.82 Å². The van der Waals surface area contributed by atoms with Crippen LogP contribution in [0.5, 0.6) is 11.5 Å². The third-order valence-corrected chi connectivity index (χ3v) is 3.42. The molecule has 24 heavy (non-hydrogen) atoms. The minimum Gasteiger partial charge on any atom is -0.454 e. The molecular weight excluding hydrogens is 315 g/mol. The van der Waals surface area contributed by atoms with Crippen LogP contribution in [0.3, 0.4) is 0 Å². The maximum absolute atomic E-state index is 13.0. The molecule has 124 valence electrons. The van der Waals surface area contributed by atoms with Crippen LogP contribution in [-0.2, 0) is 0 Å². The minimum absolute atomic E-state index is 0.145. The van der Waals surface area contributed by atoms with Gasteiger partial charge in [0.25, 0.3) is 11.8 Å². The molecular formula is C17H15FN2O4. The van der Waals surface area contributed by atoms with Gasteiger partial charge < -0.3 is 20.1 Å². The molecule has 1 aliphatic heterocycles. The number of hydrogen-bond donors (Lipinski definition) is 2. The number of benzene rings is 2. The molecule has 0 aliphatic carbocycles. The molecule has 0 bridgehead atoms. The predicted octanol–water partition coefficient (Wildman–Crippen LogP) is 1.71. The van der Waals surface area contributed by atoms with Crippen molar-refractivity contribution < 1.29 is 23.5 Å². The van der Waals surface area contributed by atoms with E-state index >= 15 is 0 Å². The Morgan fingerprint density at radius 2 is 1.58 bits per heavy atom. The van der Waals surface area contributed by atoms with E-state index in [1.165, 1.54) is 18.2 Å². The zero-order chi connectivity index (χ0) is 16.9. The van der Waals surface area contributed by atoms with Crippen LogP contribution in [-0.4, -0.2) is 31.7 Å². The van der Waals surface area contributed by atoms with Crippen LogP contribution < -0.4 is 20.1 Å². The molecule has 1 heterocycles. The van der Waals surface area contributed by atoms with E-state index in [4.69, 9.17) is 9.47 Å². The smallest absolute Gasteiger partial charge is 0.251 e. The lowest BCUT2D eigenvalue weighted by Gasteiger charge is -2.08. The summed E-state index contributed by atoms with van der Waals surface area (Å²) in [6.07, 6.45) is 0. The van der Waals surface area contributed by atoms with Crippen LogP contribution >= 0.6 is 0 Å². The van der Waals surface area contributed by atoms with Crippen molar-refractivity contribution in [1.82, 2.24) is 10.6 Å². The number of nitrogens with one attached hydrogen (secondary N) is 2. The zero-order valence-corrected chi connectivity index (χ0v) is 12.7. The van der Waals surface area contributed by atoms with E-state index in [1.54, 1.807) is 18.2 Å². The molecule has 0 unspecified atom stereocenters. The predicted molar refractivity (Wildman–Crippen MR) is 83.6 cm³/mol. The number of fused-ring (bicyclic) bond motifs is 1. The van der Waals surface area contributed by atoms with E-state index in [2.05, 4.69) is 10.6 Å². The number of rotatable bonds is 5. The molecule has 0 radical (unpaired) electrons. The van der Waals surface area contributed by atoms with Gasteiger partial charge in [0.15, 0.2) is 11.5 Å². The lowest BCUT2D eigenvalue weighted by atomic mass is 10.2. The number of hydrogen-bond acceptors (Lipinski definition) is 4. The second-order valence-corrected chi connectivity index (χ2v) is 5.09. The van der Waals surface area contributed by atoms with Gasteiger partial charge >= 0.3 is 0 Å². The molecule has 7 heteroatoms. The second kappa shape index (κ2) is 6.99. The van der Waals surface area contributed by atoms with Crippen LogP contribution in [0.1, 0.15) is 20.7 Å². The van der Waals surface area contributed by atoms with Gasteiger partial charge in [-0.15, -0.1) is 0 Å². The third-order valence-electron chi connectivity index (χ3n) is 3.42. The van der Waals surface area contributed by atoms with Crippen LogP contribution in [0.15, 0.2) is 42.5 Å². The Kier molecular flexibility index (Phi) is 4.60. The number of halogens is 1. The maximum atomic E-state index is 13.0. The Morgan fingerprint density at radius 3 is 2.29 bits per heavy atom. The fraction of sp³-hybridized carbons (Fsp3) is 0.176. The number of ether oxygens (including phenoxy) is 2. The summed E-state index contributed by atoms with van der Waals surface area (Å²) >= 11 is 0. The SMILES string of the molecule is O=C(NCCNC(=O)c1ccc2c(c1)OCO2)c1cccc(F)c1. The van der Waals surface area contributed by atoms with Crippen molar-refractivity contribution in [1.29, 1.82) is 0 Å². The summed E-state index contributed by atoms with van der Waals surface area (Å²) in [5.74, 6) is -0.0187. The van der Waals surface area contributed by atoms with Gasteiger partial charge in [-0.1, -0.05) is 6.07 Å². The van der Waals surface area contributed by atoms with Crippen molar-refractivity contribution >= 4 is 11.8 Å². The van der Waals surface area contributed by atoms with Gasteiger partial charge in [-0.3, -0.25) is 9.59 Å². The average molecular weight is 330 g/mol. The largest absolute Gasteiger partial charge is 0.454 e. The van der Waals surface area contributed by atoms with Gasteiger partial charge in [-0.05, 0) is 36.4 Å². The first-order chi connectivity index (χ1) is 11.6. The van der Waals surface area contributed by atoms with Crippen molar-refractivity contribution in [2.75, 3.05) is 19.9 Å². The topological polar surface area (TPSA) is 76.7 Å². The normalized spacial score (nSPS) is 11.9. The van der Waals surface area contributed by atoms with Crippen molar-refractivity contribution in [2.45, 2.75) is 0 Å². The molecule has 2 N–H and O–H groups in total. The summed E-state index contributed by atoms with van der Waals surface area (Å²) in [5.41, 5.74) is 0.674. The standard InChI is InChI=1S/C17H15FN2O4/c18-13-3-1-2-11(8-13)16(21)19-6-7-20-17(22)12-4-5-14-15(9-12)24-10-23-14/h1-5,8-9H,6-7,10H2,(H,19,21)(H,20,22).